The molecule has 0 amide bonds. The van der Waals surface area contributed by atoms with E-state index in [1.807, 2.05) is 0 Å². The van der Waals surface area contributed by atoms with Crippen molar-refractivity contribution < 1.29 is 15.0 Å². The number of hydrogen-bond acceptors (Lipinski definition) is 3. The smallest absolute Gasteiger partial charge is 0.171 e. The van der Waals surface area contributed by atoms with Crippen molar-refractivity contribution in [1.82, 2.24) is 0 Å². The van der Waals surface area contributed by atoms with Gasteiger partial charge in [-0.25, -0.2) is 0 Å². The third-order valence-electron chi connectivity index (χ3n) is 1.53. The van der Waals surface area contributed by atoms with E-state index < -0.39 is 6.29 Å². The van der Waals surface area contributed by atoms with Crippen LogP contribution in [0, 0.1) is 0 Å². The summed E-state index contributed by atoms with van der Waals surface area (Å²) in [5.41, 5.74) is 1.42. The first-order chi connectivity index (χ1) is 6.22. The lowest BCUT2D eigenvalue weighted by Crippen LogP contribution is -1.96. The number of hydrogen-bond donors (Lipinski definition) is 2. The molecule has 68 valence electrons. The van der Waals surface area contributed by atoms with Gasteiger partial charge in [0.2, 0.25) is 0 Å². The first-order valence-corrected chi connectivity index (χ1v) is 3.82. The van der Waals surface area contributed by atoms with Crippen molar-refractivity contribution >= 4 is 12.4 Å². The second-order valence-electron chi connectivity index (χ2n) is 2.56. The Bertz CT molecular complexity index is 298. The van der Waals surface area contributed by atoms with Gasteiger partial charge in [0.25, 0.3) is 0 Å². The minimum atomic E-state index is -1.44. The highest BCUT2D eigenvalue weighted by Gasteiger charge is 1.91. The Kier molecular flexibility index (Phi) is 3.37. The molecule has 0 saturated carbocycles. The van der Waals surface area contributed by atoms with Gasteiger partial charge in [0, 0.05) is 5.56 Å². The van der Waals surface area contributed by atoms with Crippen molar-refractivity contribution in [3.05, 3.63) is 41.5 Å². The van der Waals surface area contributed by atoms with Crippen LogP contribution in [0.4, 0.5) is 0 Å². The van der Waals surface area contributed by atoms with E-state index in [4.69, 9.17) is 10.2 Å². The molecule has 0 aromatic heterocycles. The fourth-order valence-corrected chi connectivity index (χ4v) is 0.883. The fraction of sp³-hybridized carbons (Fsp3) is 0.100. The molecule has 0 unspecified atom stereocenters. The Hall–Kier alpha value is -1.45. The van der Waals surface area contributed by atoms with Crippen LogP contribution in [0.25, 0.3) is 6.08 Å². The molecule has 0 saturated heterocycles. The fourth-order valence-electron chi connectivity index (χ4n) is 0.883. The van der Waals surface area contributed by atoms with Gasteiger partial charge in [0.15, 0.2) is 6.29 Å². The van der Waals surface area contributed by atoms with Gasteiger partial charge in [-0.05, 0) is 11.6 Å². The molecule has 0 aliphatic carbocycles. The maximum absolute atomic E-state index is 10.3. The summed E-state index contributed by atoms with van der Waals surface area (Å²) >= 11 is 0. The molecule has 0 spiro atoms. The van der Waals surface area contributed by atoms with Crippen molar-refractivity contribution in [2.24, 2.45) is 0 Å². The predicted octanol–water partition coefficient (Wildman–Crippen LogP) is 0.823. The Balaban J connectivity index is 2.75. The number of aliphatic hydroxyl groups excluding tert-OH is 1. The van der Waals surface area contributed by atoms with Crippen molar-refractivity contribution in [1.29, 1.82) is 0 Å². The quantitative estimate of drug-likeness (QED) is 0.532. The molecule has 3 heteroatoms. The number of carbonyl (C=O) groups is 1. The molecular weight excluding hydrogens is 168 g/mol. The van der Waals surface area contributed by atoms with Gasteiger partial charge in [-0.15, -0.1) is 0 Å². The molecular formula is C10H10O3. The zero-order valence-electron chi connectivity index (χ0n) is 6.92. The first kappa shape index (κ1) is 9.64. The van der Waals surface area contributed by atoms with Crippen molar-refractivity contribution in [3.8, 4) is 0 Å². The molecule has 0 fully saturated rings. The van der Waals surface area contributed by atoms with E-state index in [-0.39, 0.29) is 0 Å². The van der Waals surface area contributed by atoms with Gasteiger partial charge < -0.3 is 10.2 Å². The Morgan fingerprint density at radius 3 is 2.08 bits per heavy atom. The summed E-state index contributed by atoms with van der Waals surface area (Å²) in [4.78, 5) is 10.3. The number of carbonyl (C=O) groups excluding carboxylic acids is 1. The summed E-state index contributed by atoms with van der Waals surface area (Å²) in [6.07, 6.45) is 2.13. The molecule has 2 N–H and O–H groups in total. The van der Waals surface area contributed by atoms with Gasteiger partial charge in [-0.2, -0.15) is 0 Å². The highest BCUT2D eigenvalue weighted by atomic mass is 16.5. The molecule has 1 rings (SSSR count). The standard InChI is InChI=1S/C10H10O3/c11-7-9-3-1-8(2-4-9)5-6-10(12)13/h1-7,10,12-13H. The lowest BCUT2D eigenvalue weighted by molar-refractivity contribution is 0.00303. The van der Waals surface area contributed by atoms with Crippen LogP contribution in [0.5, 0.6) is 0 Å². The lowest BCUT2D eigenvalue weighted by atomic mass is 10.1. The summed E-state index contributed by atoms with van der Waals surface area (Å²) in [6, 6.07) is 6.78. The van der Waals surface area contributed by atoms with E-state index in [2.05, 4.69) is 0 Å². The molecule has 0 aliphatic heterocycles. The van der Waals surface area contributed by atoms with Gasteiger partial charge in [0.1, 0.15) is 6.29 Å². The molecule has 0 bridgehead atoms. The Labute approximate surface area is 76.0 Å². The number of aldehydes is 1. The largest absolute Gasteiger partial charge is 0.365 e. The maximum Gasteiger partial charge on any atom is 0.171 e. The average molecular weight is 178 g/mol. The second-order valence-corrected chi connectivity index (χ2v) is 2.56. The van der Waals surface area contributed by atoms with Crippen molar-refractivity contribution in [3.63, 3.8) is 0 Å². The molecule has 0 atom stereocenters. The third-order valence-corrected chi connectivity index (χ3v) is 1.53. The average Bonchev–Trinajstić information content (AvgIpc) is 2.15. The van der Waals surface area contributed by atoms with E-state index in [1.54, 1.807) is 30.3 Å². The minimum Gasteiger partial charge on any atom is -0.365 e. The highest BCUT2D eigenvalue weighted by molar-refractivity contribution is 5.75. The molecule has 0 radical (unpaired) electrons. The Morgan fingerprint density at radius 1 is 1.08 bits per heavy atom. The van der Waals surface area contributed by atoms with Crippen LogP contribution in [0.3, 0.4) is 0 Å². The normalized spacial score (nSPS) is 11.0. The molecule has 1 aromatic carbocycles. The second kappa shape index (κ2) is 4.54. The van der Waals surface area contributed by atoms with Gasteiger partial charge >= 0.3 is 0 Å². The number of benzene rings is 1. The summed E-state index contributed by atoms with van der Waals surface area (Å²) in [5.74, 6) is 0. The highest BCUT2D eigenvalue weighted by Crippen LogP contribution is 2.04. The Morgan fingerprint density at radius 2 is 1.62 bits per heavy atom. The van der Waals surface area contributed by atoms with Crippen LogP contribution in [0.2, 0.25) is 0 Å². The van der Waals surface area contributed by atoms with Crippen molar-refractivity contribution in [2.75, 3.05) is 0 Å². The van der Waals surface area contributed by atoms with E-state index >= 15 is 0 Å². The van der Waals surface area contributed by atoms with E-state index in [0.29, 0.717) is 5.56 Å². The number of aliphatic hydroxyl groups is 2. The first-order valence-electron chi connectivity index (χ1n) is 3.82. The molecule has 0 heterocycles. The van der Waals surface area contributed by atoms with Crippen LogP contribution in [-0.2, 0) is 0 Å². The van der Waals surface area contributed by atoms with Gasteiger partial charge in [-0.1, -0.05) is 30.3 Å². The van der Waals surface area contributed by atoms with E-state index in [0.717, 1.165) is 11.8 Å². The lowest BCUT2D eigenvalue weighted by Gasteiger charge is -1.95. The molecule has 3 nitrogen and oxygen atoms in total. The summed E-state index contributed by atoms with van der Waals surface area (Å²) < 4.78 is 0. The molecule has 13 heavy (non-hydrogen) atoms. The molecule has 0 aliphatic rings. The van der Waals surface area contributed by atoms with Crippen LogP contribution >= 0.6 is 0 Å². The molecule has 1 aromatic rings. The topological polar surface area (TPSA) is 57.5 Å². The third kappa shape index (κ3) is 3.19. The van der Waals surface area contributed by atoms with E-state index in [1.165, 1.54) is 6.08 Å². The van der Waals surface area contributed by atoms with Crippen LogP contribution in [-0.4, -0.2) is 22.8 Å². The summed E-state index contributed by atoms with van der Waals surface area (Å²) in [6.45, 7) is 0. The zero-order valence-corrected chi connectivity index (χ0v) is 6.92. The van der Waals surface area contributed by atoms with Crippen LogP contribution in [0.1, 0.15) is 15.9 Å². The van der Waals surface area contributed by atoms with Gasteiger partial charge in [-0.3, -0.25) is 4.79 Å². The van der Waals surface area contributed by atoms with Crippen LogP contribution < -0.4 is 0 Å². The maximum atomic E-state index is 10.3. The monoisotopic (exact) mass is 178 g/mol. The minimum absolute atomic E-state index is 0.599. The number of rotatable bonds is 3. The van der Waals surface area contributed by atoms with Crippen molar-refractivity contribution in [2.45, 2.75) is 6.29 Å². The van der Waals surface area contributed by atoms with Crippen LogP contribution in [0.15, 0.2) is 30.3 Å². The SMILES string of the molecule is O=Cc1ccc(C=CC(O)O)cc1. The summed E-state index contributed by atoms with van der Waals surface area (Å²) in [5, 5.41) is 17.1. The summed E-state index contributed by atoms with van der Waals surface area (Å²) in [7, 11) is 0. The zero-order chi connectivity index (χ0) is 9.68. The predicted molar refractivity (Wildman–Crippen MR) is 49.1 cm³/mol. The van der Waals surface area contributed by atoms with E-state index in [9.17, 15) is 4.79 Å². The van der Waals surface area contributed by atoms with Gasteiger partial charge in [0.05, 0.1) is 0 Å².